The van der Waals surface area contributed by atoms with Gasteiger partial charge in [0.25, 0.3) is 0 Å². The van der Waals surface area contributed by atoms with Crippen LogP contribution in [0.3, 0.4) is 0 Å². The summed E-state index contributed by atoms with van der Waals surface area (Å²) in [6, 6.07) is 0. The minimum absolute atomic E-state index is 0.241. The van der Waals surface area contributed by atoms with Crippen LogP contribution in [0.15, 0.2) is 12.7 Å². The van der Waals surface area contributed by atoms with Crippen molar-refractivity contribution in [2.24, 2.45) is 5.92 Å². The summed E-state index contributed by atoms with van der Waals surface area (Å²) in [5, 5.41) is 0. The molecular weight excluding hydrogens is 164 g/mol. The van der Waals surface area contributed by atoms with E-state index in [9.17, 15) is 4.79 Å². The Morgan fingerprint density at radius 3 is 2.77 bits per heavy atom. The molecule has 74 valence electrons. The van der Waals surface area contributed by atoms with Crippen LogP contribution in [0.5, 0.6) is 0 Å². The third-order valence-corrected chi connectivity index (χ3v) is 2.69. The number of hydrogen-bond donors (Lipinski definition) is 0. The standard InChI is InChI=1S/C11H18O2/c1-4-6-11(8-12)7-5-10(13-11)9(2)3/h4,8-10H,1,5-7H2,2-3H3/t10-,11+/m1/s1. The first-order valence-electron chi connectivity index (χ1n) is 4.88. The molecule has 0 bridgehead atoms. The van der Waals surface area contributed by atoms with Crippen LogP contribution in [-0.4, -0.2) is 18.0 Å². The molecule has 0 aromatic heterocycles. The van der Waals surface area contributed by atoms with Gasteiger partial charge in [0.15, 0.2) is 6.29 Å². The average molecular weight is 182 g/mol. The van der Waals surface area contributed by atoms with E-state index in [0.717, 1.165) is 19.1 Å². The molecule has 1 rings (SSSR count). The second-order valence-electron chi connectivity index (χ2n) is 4.11. The summed E-state index contributed by atoms with van der Waals surface area (Å²) in [5.41, 5.74) is -0.559. The Balaban J connectivity index is 2.62. The van der Waals surface area contributed by atoms with Crippen LogP contribution < -0.4 is 0 Å². The molecule has 2 heteroatoms. The molecule has 2 atom stereocenters. The molecule has 1 fully saturated rings. The quantitative estimate of drug-likeness (QED) is 0.492. The number of rotatable bonds is 4. The minimum atomic E-state index is -0.559. The van der Waals surface area contributed by atoms with Crippen LogP contribution in [0, 0.1) is 5.92 Å². The van der Waals surface area contributed by atoms with E-state index >= 15 is 0 Å². The molecule has 0 amide bonds. The highest BCUT2D eigenvalue weighted by atomic mass is 16.5. The third-order valence-electron chi connectivity index (χ3n) is 2.69. The lowest BCUT2D eigenvalue weighted by Gasteiger charge is -2.23. The zero-order valence-electron chi connectivity index (χ0n) is 8.45. The smallest absolute Gasteiger partial charge is 0.152 e. The Hall–Kier alpha value is -0.630. The molecule has 0 saturated carbocycles. The predicted molar refractivity (Wildman–Crippen MR) is 52.6 cm³/mol. The van der Waals surface area contributed by atoms with E-state index in [1.807, 2.05) is 0 Å². The highest BCUT2D eigenvalue weighted by Crippen LogP contribution is 2.34. The largest absolute Gasteiger partial charge is 0.364 e. The molecular formula is C11H18O2. The number of aldehydes is 1. The van der Waals surface area contributed by atoms with Crippen molar-refractivity contribution < 1.29 is 9.53 Å². The van der Waals surface area contributed by atoms with Gasteiger partial charge in [-0.05, 0) is 18.8 Å². The van der Waals surface area contributed by atoms with Crippen molar-refractivity contribution in [2.75, 3.05) is 0 Å². The SMILES string of the molecule is C=CC[C@@]1(C=O)CC[C@H](C(C)C)O1. The van der Waals surface area contributed by atoms with Gasteiger partial charge in [-0.15, -0.1) is 6.58 Å². The third kappa shape index (κ3) is 2.19. The zero-order valence-corrected chi connectivity index (χ0v) is 8.45. The number of carbonyl (C=O) groups is 1. The summed E-state index contributed by atoms with van der Waals surface area (Å²) in [7, 11) is 0. The molecule has 1 heterocycles. The highest BCUT2D eigenvalue weighted by Gasteiger charge is 2.39. The van der Waals surface area contributed by atoms with E-state index in [0.29, 0.717) is 12.3 Å². The highest BCUT2D eigenvalue weighted by molar-refractivity contribution is 5.63. The fourth-order valence-electron chi connectivity index (χ4n) is 1.80. The maximum atomic E-state index is 10.9. The molecule has 0 aliphatic carbocycles. The summed E-state index contributed by atoms with van der Waals surface area (Å²) in [6.45, 7) is 7.90. The van der Waals surface area contributed by atoms with Crippen LogP contribution >= 0.6 is 0 Å². The molecule has 13 heavy (non-hydrogen) atoms. The molecule has 0 aromatic carbocycles. The molecule has 0 spiro atoms. The van der Waals surface area contributed by atoms with Gasteiger partial charge >= 0.3 is 0 Å². The fourth-order valence-corrected chi connectivity index (χ4v) is 1.80. The van der Waals surface area contributed by atoms with E-state index < -0.39 is 5.60 Å². The maximum Gasteiger partial charge on any atom is 0.152 e. The monoisotopic (exact) mass is 182 g/mol. The average Bonchev–Trinajstić information content (AvgIpc) is 2.51. The molecule has 0 N–H and O–H groups in total. The lowest BCUT2D eigenvalue weighted by atomic mass is 9.96. The van der Waals surface area contributed by atoms with Crippen molar-refractivity contribution in [1.82, 2.24) is 0 Å². The first-order chi connectivity index (χ1) is 6.13. The van der Waals surface area contributed by atoms with Crippen molar-refractivity contribution in [3.05, 3.63) is 12.7 Å². The molecule has 2 nitrogen and oxygen atoms in total. The van der Waals surface area contributed by atoms with Gasteiger partial charge in [-0.3, -0.25) is 0 Å². The van der Waals surface area contributed by atoms with E-state index in [4.69, 9.17) is 4.74 Å². The van der Waals surface area contributed by atoms with Crippen LogP contribution in [0.25, 0.3) is 0 Å². The van der Waals surface area contributed by atoms with Gasteiger partial charge in [-0.1, -0.05) is 19.9 Å². The van der Waals surface area contributed by atoms with Gasteiger partial charge in [0, 0.05) is 6.42 Å². The van der Waals surface area contributed by atoms with Crippen molar-refractivity contribution in [1.29, 1.82) is 0 Å². The first-order valence-corrected chi connectivity index (χ1v) is 4.88. The van der Waals surface area contributed by atoms with Gasteiger partial charge in [-0.25, -0.2) is 0 Å². The molecule has 0 unspecified atom stereocenters. The van der Waals surface area contributed by atoms with Gasteiger partial charge in [0.05, 0.1) is 6.10 Å². The first kappa shape index (κ1) is 10.5. The van der Waals surface area contributed by atoms with Crippen molar-refractivity contribution in [3.63, 3.8) is 0 Å². The van der Waals surface area contributed by atoms with Crippen LogP contribution in [0.4, 0.5) is 0 Å². The molecule has 1 aliphatic heterocycles. The Kier molecular flexibility index (Phi) is 3.26. The lowest BCUT2D eigenvalue weighted by Crippen LogP contribution is -2.31. The summed E-state index contributed by atoms with van der Waals surface area (Å²) < 4.78 is 5.76. The van der Waals surface area contributed by atoms with Crippen LogP contribution in [0.2, 0.25) is 0 Å². The minimum Gasteiger partial charge on any atom is -0.364 e. The Morgan fingerprint density at radius 1 is 1.69 bits per heavy atom. The Labute approximate surface area is 80.0 Å². The molecule has 1 aliphatic rings. The lowest BCUT2D eigenvalue weighted by molar-refractivity contribution is -0.131. The predicted octanol–water partition coefficient (Wildman–Crippen LogP) is 2.34. The number of hydrogen-bond acceptors (Lipinski definition) is 2. The van der Waals surface area contributed by atoms with Gasteiger partial charge < -0.3 is 9.53 Å². The zero-order chi connectivity index (χ0) is 9.90. The van der Waals surface area contributed by atoms with E-state index in [2.05, 4.69) is 20.4 Å². The van der Waals surface area contributed by atoms with Crippen LogP contribution in [0.1, 0.15) is 33.1 Å². The summed E-state index contributed by atoms with van der Waals surface area (Å²) in [6.07, 6.45) is 5.41. The Bertz CT molecular complexity index is 198. The van der Waals surface area contributed by atoms with Crippen LogP contribution in [-0.2, 0) is 9.53 Å². The number of ether oxygens (including phenoxy) is 1. The van der Waals surface area contributed by atoms with E-state index in [1.54, 1.807) is 6.08 Å². The number of carbonyl (C=O) groups excluding carboxylic acids is 1. The summed E-state index contributed by atoms with van der Waals surface area (Å²) >= 11 is 0. The van der Waals surface area contributed by atoms with E-state index in [-0.39, 0.29) is 6.10 Å². The summed E-state index contributed by atoms with van der Waals surface area (Å²) in [5.74, 6) is 0.492. The molecule has 1 saturated heterocycles. The normalized spacial score (nSPS) is 33.6. The van der Waals surface area contributed by atoms with E-state index in [1.165, 1.54) is 0 Å². The van der Waals surface area contributed by atoms with Crippen molar-refractivity contribution in [3.8, 4) is 0 Å². The van der Waals surface area contributed by atoms with Gasteiger partial charge in [-0.2, -0.15) is 0 Å². The maximum absolute atomic E-state index is 10.9. The topological polar surface area (TPSA) is 26.3 Å². The second kappa shape index (κ2) is 4.05. The molecule has 0 radical (unpaired) electrons. The molecule has 0 aromatic rings. The second-order valence-corrected chi connectivity index (χ2v) is 4.11. The van der Waals surface area contributed by atoms with Gasteiger partial charge in [0.1, 0.15) is 5.60 Å². The van der Waals surface area contributed by atoms with Crippen molar-refractivity contribution in [2.45, 2.75) is 44.8 Å². The fraction of sp³-hybridized carbons (Fsp3) is 0.727. The van der Waals surface area contributed by atoms with Crippen molar-refractivity contribution >= 4 is 6.29 Å². The Morgan fingerprint density at radius 2 is 2.38 bits per heavy atom. The van der Waals surface area contributed by atoms with Gasteiger partial charge in [0.2, 0.25) is 0 Å². The summed E-state index contributed by atoms with van der Waals surface area (Å²) in [4.78, 5) is 10.9.